The van der Waals surface area contributed by atoms with E-state index in [0.717, 1.165) is 31.7 Å². The minimum Gasteiger partial charge on any atom is -0.494 e. The summed E-state index contributed by atoms with van der Waals surface area (Å²) in [4.78, 5) is 0. The van der Waals surface area contributed by atoms with Crippen LogP contribution >= 0.6 is 0 Å². The zero-order valence-corrected chi connectivity index (χ0v) is 11.3. The van der Waals surface area contributed by atoms with Crippen molar-refractivity contribution in [2.24, 2.45) is 0 Å². The zero-order valence-electron chi connectivity index (χ0n) is 11.3. The first-order valence-electron chi connectivity index (χ1n) is 6.71. The fourth-order valence-electron chi connectivity index (χ4n) is 1.47. The molecule has 1 rings (SSSR count). The van der Waals surface area contributed by atoms with Crippen molar-refractivity contribution in [1.82, 2.24) is 5.32 Å². The Balaban J connectivity index is 2.34. The average molecular weight is 235 g/mol. The molecule has 1 atom stereocenters. The molecular formula is C15H25NO. The van der Waals surface area contributed by atoms with Crippen molar-refractivity contribution in [1.29, 1.82) is 0 Å². The van der Waals surface area contributed by atoms with E-state index in [0.29, 0.717) is 6.04 Å². The van der Waals surface area contributed by atoms with Gasteiger partial charge in [-0.2, -0.15) is 0 Å². The predicted octanol–water partition coefficient (Wildman–Crippen LogP) is 3.75. The molecular weight excluding hydrogens is 210 g/mol. The van der Waals surface area contributed by atoms with Gasteiger partial charge >= 0.3 is 0 Å². The lowest BCUT2D eigenvalue weighted by Gasteiger charge is -2.11. The van der Waals surface area contributed by atoms with Crippen LogP contribution in [-0.4, -0.2) is 12.6 Å². The van der Waals surface area contributed by atoms with Gasteiger partial charge in [0.05, 0.1) is 6.61 Å². The Morgan fingerprint density at radius 1 is 1.18 bits per heavy atom. The van der Waals surface area contributed by atoms with Gasteiger partial charge in [0.2, 0.25) is 0 Å². The third-order valence-corrected chi connectivity index (χ3v) is 2.96. The first kappa shape index (κ1) is 14.0. The Bertz CT molecular complexity index is 294. The lowest BCUT2D eigenvalue weighted by Crippen LogP contribution is -2.24. The fourth-order valence-corrected chi connectivity index (χ4v) is 1.47. The van der Waals surface area contributed by atoms with E-state index in [1.807, 2.05) is 0 Å². The van der Waals surface area contributed by atoms with Crippen LogP contribution in [0.2, 0.25) is 0 Å². The van der Waals surface area contributed by atoms with Crippen molar-refractivity contribution in [3.8, 4) is 5.75 Å². The summed E-state index contributed by atoms with van der Waals surface area (Å²) in [6.45, 7) is 8.34. The van der Waals surface area contributed by atoms with Crippen LogP contribution in [0.15, 0.2) is 24.3 Å². The minimum absolute atomic E-state index is 0.579. The number of ether oxygens (including phenoxy) is 1. The molecule has 96 valence electrons. The molecule has 2 nitrogen and oxygen atoms in total. The van der Waals surface area contributed by atoms with Crippen LogP contribution in [-0.2, 0) is 6.54 Å². The molecule has 0 unspecified atom stereocenters. The van der Waals surface area contributed by atoms with Gasteiger partial charge in [-0.05, 0) is 37.5 Å². The van der Waals surface area contributed by atoms with Crippen molar-refractivity contribution in [3.63, 3.8) is 0 Å². The highest BCUT2D eigenvalue weighted by atomic mass is 16.5. The number of nitrogens with one attached hydrogen (secondary N) is 1. The minimum atomic E-state index is 0.579. The van der Waals surface area contributed by atoms with Crippen molar-refractivity contribution in [2.75, 3.05) is 6.61 Å². The van der Waals surface area contributed by atoms with Gasteiger partial charge in [0.1, 0.15) is 5.75 Å². The first-order valence-corrected chi connectivity index (χ1v) is 6.71. The normalized spacial score (nSPS) is 12.4. The van der Waals surface area contributed by atoms with Crippen molar-refractivity contribution < 1.29 is 4.74 Å². The SMILES string of the molecule is CCCCOc1ccc(CN[C@@H](C)CC)cc1. The largest absolute Gasteiger partial charge is 0.494 e. The molecule has 0 aromatic heterocycles. The van der Waals surface area contributed by atoms with Crippen LogP contribution in [0.5, 0.6) is 5.75 Å². The molecule has 0 aliphatic heterocycles. The number of rotatable bonds is 8. The van der Waals surface area contributed by atoms with E-state index < -0.39 is 0 Å². The molecule has 0 aliphatic carbocycles. The van der Waals surface area contributed by atoms with Crippen LogP contribution in [0, 0.1) is 0 Å². The van der Waals surface area contributed by atoms with E-state index in [9.17, 15) is 0 Å². The summed E-state index contributed by atoms with van der Waals surface area (Å²) in [5.74, 6) is 0.978. The quantitative estimate of drug-likeness (QED) is 0.693. The average Bonchev–Trinajstić information content (AvgIpc) is 2.37. The third-order valence-electron chi connectivity index (χ3n) is 2.96. The molecule has 2 heteroatoms. The second-order valence-corrected chi connectivity index (χ2v) is 4.54. The number of unbranched alkanes of at least 4 members (excludes halogenated alkanes) is 1. The molecule has 0 aliphatic rings. The number of benzene rings is 1. The maximum Gasteiger partial charge on any atom is 0.119 e. The molecule has 17 heavy (non-hydrogen) atoms. The zero-order chi connectivity index (χ0) is 12.5. The number of hydrogen-bond acceptors (Lipinski definition) is 2. The van der Waals surface area contributed by atoms with Gasteiger partial charge in [-0.1, -0.05) is 32.4 Å². The van der Waals surface area contributed by atoms with Crippen LogP contribution in [0.3, 0.4) is 0 Å². The Morgan fingerprint density at radius 2 is 1.88 bits per heavy atom. The summed E-state index contributed by atoms with van der Waals surface area (Å²) >= 11 is 0. The Labute approximate surface area is 105 Å². The summed E-state index contributed by atoms with van der Waals surface area (Å²) in [7, 11) is 0. The van der Waals surface area contributed by atoms with E-state index >= 15 is 0 Å². The van der Waals surface area contributed by atoms with Crippen molar-refractivity contribution in [2.45, 2.75) is 52.6 Å². The highest BCUT2D eigenvalue weighted by molar-refractivity contribution is 5.27. The lowest BCUT2D eigenvalue weighted by molar-refractivity contribution is 0.309. The molecule has 0 heterocycles. The van der Waals surface area contributed by atoms with Gasteiger partial charge in [-0.15, -0.1) is 0 Å². The van der Waals surface area contributed by atoms with E-state index in [2.05, 4.69) is 50.4 Å². The van der Waals surface area contributed by atoms with E-state index in [4.69, 9.17) is 4.74 Å². The van der Waals surface area contributed by atoms with E-state index in [1.54, 1.807) is 0 Å². The summed E-state index contributed by atoms with van der Waals surface area (Å²) in [5.41, 5.74) is 1.31. The predicted molar refractivity (Wildman–Crippen MR) is 73.4 cm³/mol. The van der Waals surface area contributed by atoms with Gasteiger partial charge in [0.25, 0.3) is 0 Å². The molecule has 1 aromatic carbocycles. The maximum atomic E-state index is 5.63. The van der Waals surface area contributed by atoms with Crippen LogP contribution in [0.25, 0.3) is 0 Å². The standard InChI is InChI=1S/C15H25NO/c1-4-6-11-17-15-9-7-14(8-10-15)12-16-13(3)5-2/h7-10,13,16H,4-6,11-12H2,1-3H3/t13-/m0/s1. The van der Waals surface area contributed by atoms with Crippen LogP contribution in [0.1, 0.15) is 45.6 Å². The van der Waals surface area contributed by atoms with Gasteiger partial charge < -0.3 is 10.1 Å². The maximum absolute atomic E-state index is 5.63. The Hall–Kier alpha value is -1.02. The van der Waals surface area contributed by atoms with Gasteiger partial charge in [0.15, 0.2) is 0 Å². The molecule has 0 fully saturated rings. The van der Waals surface area contributed by atoms with Crippen molar-refractivity contribution in [3.05, 3.63) is 29.8 Å². The monoisotopic (exact) mass is 235 g/mol. The van der Waals surface area contributed by atoms with E-state index in [1.165, 1.54) is 12.0 Å². The summed E-state index contributed by atoms with van der Waals surface area (Å²) in [6.07, 6.45) is 3.46. The molecule has 0 bridgehead atoms. The molecule has 0 radical (unpaired) electrons. The topological polar surface area (TPSA) is 21.3 Å². The number of hydrogen-bond donors (Lipinski definition) is 1. The third kappa shape index (κ3) is 5.73. The van der Waals surface area contributed by atoms with E-state index in [-0.39, 0.29) is 0 Å². The highest BCUT2D eigenvalue weighted by Crippen LogP contribution is 2.12. The molecule has 1 N–H and O–H groups in total. The summed E-state index contributed by atoms with van der Waals surface area (Å²) in [6, 6.07) is 8.97. The molecule has 0 saturated heterocycles. The fraction of sp³-hybridized carbons (Fsp3) is 0.600. The van der Waals surface area contributed by atoms with Gasteiger partial charge in [-0.25, -0.2) is 0 Å². The molecule has 0 amide bonds. The van der Waals surface area contributed by atoms with Crippen LogP contribution < -0.4 is 10.1 Å². The highest BCUT2D eigenvalue weighted by Gasteiger charge is 1.99. The second-order valence-electron chi connectivity index (χ2n) is 4.54. The van der Waals surface area contributed by atoms with Gasteiger partial charge in [-0.3, -0.25) is 0 Å². The molecule has 0 spiro atoms. The summed E-state index contributed by atoms with van der Waals surface area (Å²) in [5, 5.41) is 3.48. The Morgan fingerprint density at radius 3 is 2.47 bits per heavy atom. The smallest absolute Gasteiger partial charge is 0.119 e. The van der Waals surface area contributed by atoms with Gasteiger partial charge in [0, 0.05) is 12.6 Å². The van der Waals surface area contributed by atoms with Crippen LogP contribution in [0.4, 0.5) is 0 Å². The van der Waals surface area contributed by atoms with Crippen molar-refractivity contribution >= 4 is 0 Å². The second kappa shape index (κ2) is 8.13. The molecule has 1 aromatic rings. The first-order chi connectivity index (χ1) is 8.26. The lowest BCUT2D eigenvalue weighted by atomic mass is 10.2. The molecule has 0 saturated carbocycles. The summed E-state index contributed by atoms with van der Waals surface area (Å²) < 4.78 is 5.63. The Kier molecular flexibility index (Phi) is 6.71.